The molecule has 0 amide bonds. The zero-order chi connectivity index (χ0) is 14.4. The largest absolute Gasteiger partial charge is 0.327 e. The van der Waals surface area contributed by atoms with E-state index in [0.29, 0.717) is 4.77 Å². The van der Waals surface area contributed by atoms with Crippen LogP contribution >= 0.6 is 28.1 Å². The second-order valence-electron chi connectivity index (χ2n) is 4.82. The molecule has 0 aliphatic rings. The van der Waals surface area contributed by atoms with Gasteiger partial charge in [-0.1, -0.05) is 6.07 Å². The van der Waals surface area contributed by atoms with Gasteiger partial charge in [-0.3, -0.25) is 4.57 Å². The van der Waals surface area contributed by atoms with Gasteiger partial charge in [-0.15, -0.1) is 0 Å². The van der Waals surface area contributed by atoms with Gasteiger partial charge in [-0.05, 0) is 66.6 Å². The van der Waals surface area contributed by atoms with Gasteiger partial charge in [-0.2, -0.15) is 5.10 Å². The van der Waals surface area contributed by atoms with Crippen LogP contribution in [0.4, 0.5) is 0 Å². The maximum atomic E-state index is 5.49. The molecular formula is C14H15BrN4S. The van der Waals surface area contributed by atoms with Gasteiger partial charge >= 0.3 is 0 Å². The molecule has 3 aromatic rings. The fraction of sp³-hybridized carbons (Fsp3) is 0.286. The van der Waals surface area contributed by atoms with E-state index in [9.17, 15) is 0 Å². The van der Waals surface area contributed by atoms with Crippen LogP contribution in [0, 0.1) is 18.6 Å². The van der Waals surface area contributed by atoms with E-state index in [2.05, 4.69) is 58.1 Å². The maximum absolute atomic E-state index is 5.49. The Hall–Kier alpha value is -1.40. The van der Waals surface area contributed by atoms with Crippen LogP contribution in [-0.2, 0) is 6.54 Å². The molecule has 6 heteroatoms. The molecule has 0 saturated carbocycles. The summed E-state index contributed by atoms with van der Waals surface area (Å²) in [6, 6.07) is 6.25. The molecule has 0 aliphatic carbocycles. The van der Waals surface area contributed by atoms with Crippen molar-refractivity contribution in [2.45, 2.75) is 27.3 Å². The number of aromatic nitrogens is 4. The van der Waals surface area contributed by atoms with Crippen molar-refractivity contribution in [1.82, 2.24) is 19.3 Å². The van der Waals surface area contributed by atoms with Crippen molar-refractivity contribution in [3.8, 4) is 5.69 Å². The van der Waals surface area contributed by atoms with Crippen LogP contribution < -0.4 is 0 Å². The number of fused-ring (bicyclic) bond motifs is 1. The highest BCUT2D eigenvalue weighted by molar-refractivity contribution is 9.10. The van der Waals surface area contributed by atoms with Gasteiger partial charge in [0.15, 0.2) is 10.4 Å². The van der Waals surface area contributed by atoms with Crippen LogP contribution in [-0.4, -0.2) is 19.3 Å². The Morgan fingerprint density at radius 1 is 1.35 bits per heavy atom. The number of imidazole rings is 1. The van der Waals surface area contributed by atoms with Gasteiger partial charge < -0.3 is 4.98 Å². The van der Waals surface area contributed by atoms with Crippen LogP contribution in [0.1, 0.15) is 18.2 Å². The van der Waals surface area contributed by atoms with Crippen LogP contribution in [0.25, 0.3) is 16.9 Å². The minimum Gasteiger partial charge on any atom is -0.327 e. The number of halogens is 1. The third-order valence-electron chi connectivity index (χ3n) is 3.39. The van der Waals surface area contributed by atoms with Crippen molar-refractivity contribution >= 4 is 39.3 Å². The van der Waals surface area contributed by atoms with Gasteiger partial charge in [0.05, 0.1) is 11.4 Å². The first-order chi connectivity index (χ1) is 9.52. The average molecular weight is 351 g/mol. The minimum absolute atomic E-state index is 0.687. The Morgan fingerprint density at radius 3 is 2.75 bits per heavy atom. The number of aryl methyl sites for hydroxylation is 3. The Labute approximate surface area is 130 Å². The van der Waals surface area contributed by atoms with Crippen molar-refractivity contribution in [3.63, 3.8) is 0 Å². The van der Waals surface area contributed by atoms with Gasteiger partial charge in [0.2, 0.25) is 0 Å². The molecule has 0 aliphatic heterocycles. The number of H-pyrrole nitrogens is 1. The van der Waals surface area contributed by atoms with Crippen LogP contribution in [0.3, 0.4) is 0 Å². The second kappa shape index (κ2) is 4.86. The average Bonchev–Trinajstić information content (AvgIpc) is 2.88. The first-order valence-electron chi connectivity index (χ1n) is 6.47. The topological polar surface area (TPSA) is 38.5 Å². The summed E-state index contributed by atoms with van der Waals surface area (Å²) in [5.41, 5.74) is 5.22. The first-order valence-corrected chi connectivity index (χ1v) is 7.67. The van der Waals surface area contributed by atoms with Gasteiger partial charge in [-0.25, -0.2) is 4.68 Å². The lowest BCUT2D eigenvalue weighted by molar-refractivity contribution is 0.661. The van der Waals surface area contributed by atoms with E-state index in [-0.39, 0.29) is 0 Å². The number of nitrogens with one attached hydrogen (secondary N) is 1. The molecule has 1 N–H and O–H groups in total. The number of aromatic amines is 1. The van der Waals surface area contributed by atoms with E-state index in [4.69, 9.17) is 12.2 Å². The Kier molecular flexibility index (Phi) is 3.30. The number of nitrogens with zero attached hydrogens (tertiary/aromatic N) is 3. The molecule has 0 saturated heterocycles. The lowest BCUT2D eigenvalue weighted by atomic mass is 10.2. The second-order valence-corrected chi connectivity index (χ2v) is 6.06. The molecule has 0 spiro atoms. The van der Waals surface area contributed by atoms with Crippen LogP contribution in [0.5, 0.6) is 0 Å². The normalized spacial score (nSPS) is 11.4. The third-order valence-corrected chi connectivity index (χ3v) is 4.31. The molecule has 0 unspecified atom stereocenters. The number of hydrogen-bond acceptors (Lipinski definition) is 2. The van der Waals surface area contributed by atoms with Crippen LogP contribution in [0.15, 0.2) is 22.7 Å². The highest BCUT2D eigenvalue weighted by Crippen LogP contribution is 2.27. The molecule has 104 valence electrons. The maximum Gasteiger partial charge on any atom is 0.184 e. The lowest BCUT2D eigenvalue weighted by Crippen LogP contribution is -2.04. The van der Waals surface area contributed by atoms with Gasteiger partial charge in [0, 0.05) is 11.0 Å². The molecular weight excluding hydrogens is 336 g/mol. The van der Waals surface area contributed by atoms with Gasteiger partial charge in [0.1, 0.15) is 5.52 Å². The Morgan fingerprint density at radius 2 is 2.10 bits per heavy atom. The molecule has 0 bridgehead atoms. The van der Waals surface area contributed by atoms with Crippen LogP contribution in [0.2, 0.25) is 0 Å². The van der Waals surface area contributed by atoms with Crippen molar-refractivity contribution in [2.24, 2.45) is 0 Å². The minimum atomic E-state index is 0.687. The highest BCUT2D eigenvalue weighted by atomic mass is 79.9. The van der Waals surface area contributed by atoms with E-state index in [1.54, 1.807) is 0 Å². The molecule has 2 heterocycles. The predicted molar refractivity (Wildman–Crippen MR) is 87.1 cm³/mol. The lowest BCUT2D eigenvalue weighted by Gasteiger charge is -2.09. The number of rotatable bonds is 2. The zero-order valence-corrected chi connectivity index (χ0v) is 14.0. The molecule has 0 radical (unpaired) electrons. The monoisotopic (exact) mass is 350 g/mol. The summed E-state index contributed by atoms with van der Waals surface area (Å²) in [4.78, 5) is 3.26. The standard InChI is InChI=1S/C14H15BrN4S/c1-4-18-13-12(9(3)17-18)16-14(20)19(13)11-6-5-8(2)7-10(11)15/h5-7H,4H2,1-3H3,(H,16,20). The van der Waals surface area contributed by atoms with E-state index >= 15 is 0 Å². The van der Waals surface area contributed by atoms with E-state index in [1.165, 1.54) is 5.56 Å². The SMILES string of the molecule is CCn1nc(C)c2[nH]c(=S)n(-c3ccc(C)cc3Br)c21. The fourth-order valence-electron chi connectivity index (χ4n) is 2.44. The summed E-state index contributed by atoms with van der Waals surface area (Å²) >= 11 is 9.12. The summed E-state index contributed by atoms with van der Waals surface area (Å²) < 4.78 is 5.73. The van der Waals surface area contributed by atoms with Gasteiger partial charge in [0.25, 0.3) is 0 Å². The zero-order valence-electron chi connectivity index (χ0n) is 11.6. The van der Waals surface area contributed by atoms with Crippen molar-refractivity contribution < 1.29 is 0 Å². The summed E-state index contributed by atoms with van der Waals surface area (Å²) in [7, 11) is 0. The molecule has 0 fully saturated rings. The summed E-state index contributed by atoms with van der Waals surface area (Å²) in [5.74, 6) is 0. The molecule has 2 aromatic heterocycles. The Bertz CT molecular complexity index is 856. The summed E-state index contributed by atoms with van der Waals surface area (Å²) in [6.45, 7) is 6.95. The fourth-order valence-corrected chi connectivity index (χ4v) is 3.40. The number of hydrogen-bond donors (Lipinski definition) is 1. The molecule has 0 atom stereocenters. The van der Waals surface area contributed by atoms with E-state index < -0.39 is 0 Å². The van der Waals surface area contributed by atoms with Crippen molar-refractivity contribution in [1.29, 1.82) is 0 Å². The smallest absolute Gasteiger partial charge is 0.184 e. The highest BCUT2D eigenvalue weighted by Gasteiger charge is 2.16. The predicted octanol–water partition coefficient (Wildman–Crippen LogP) is 4.28. The summed E-state index contributed by atoms with van der Waals surface area (Å²) in [6.07, 6.45) is 0. The number of benzene rings is 1. The summed E-state index contributed by atoms with van der Waals surface area (Å²) in [5, 5.41) is 4.55. The van der Waals surface area contributed by atoms with E-state index in [1.807, 2.05) is 16.2 Å². The van der Waals surface area contributed by atoms with E-state index in [0.717, 1.165) is 33.6 Å². The molecule has 20 heavy (non-hydrogen) atoms. The van der Waals surface area contributed by atoms with Crippen molar-refractivity contribution in [3.05, 3.63) is 38.7 Å². The first kappa shape index (κ1) is 13.6. The Balaban J connectivity index is 2.41. The molecule has 4 nitrogen and oxygen atoms in total. The third kappa shape index (κ3) is 1.94. The molecule has 1 aromatic carbocycles. The van der Waals surface area contributed by atoms with Crippen molar-refractivity contribution in [2.75, 3.05) is 0 Å². The quantitative estimate of drug-likeness (QED) is 0.700. The molecule has 3 rings (SSSR count).